The molecule has 2 amide bonds. The molecule has 3 aromatic carbocycles. The number of nitrogens with zero attached hydrogens (tertiary/aromatic N) is 2. The van der Waals surface area contributed by atoms with Crippen LogP contribution in [0.1, 0.15) is 59.8 Å². The molecular weight excluding hydrogens is 640 g/mol. The number of hydrogen-bond donors (Lipinski definition) is 2. The molecule has 0 spiro atoms. The average molecular weight is 666 g/mol. The van der Waals surface area contributed by atoms with Crippen LogP contribution in [0.4, 0.5) is 11.4 Å². The lowest BCUT2D eigenvalue weighted by Gasteiger charge is -2.36. The van der Waals surface area contributed by atoms with Gasteiger partial charge < -0.3 is 20.6 Å². The van der Waals surface area contributed by atoms with E-state index in [2.05, 4.69) is 22.6 Å². The van der Waals surface area contributed by atoms with Crippen molar-refractivity contribution >= 4 is 75.0 Å². The number of benzene rings is 3. The molecular formula is C28H26Cl2IN3O4. The highest BCUT2D eigenvalue weighted by Gasteiger charge is 2.43. The van der Waals surface area contributed by atoms with E-state index in [-0.39, 0.29) is 24.8 Å². The summed E-state index contributed by atoms with van der Waals surface area (Å²) in [5.74, 6) is -1.51. The van der Waals surface area contributed by atoms with Gasteiger partial charge in [-0.05, 0) is 95.9 Å². The number of nitrogen functional groups attached to an aromatic ring is 1. The molecule has 3 N–H and O–H groups in total. The Kier molecular flexibility index (Phi) is 8.85. The van der Waals surface area contributed by atoms with Gasteiger partial charge in [0.1, 0.15) is 6.04 Å². The van der Waals surface area contributed by atoms with Gasteiger partial charge in [0.05, 0.1) is 28.0 Å². The quantitative estimate of drug-likeness (QED) is 0.158. The van der Waals surface area contributed by atoms with Crippen LogP contribution in [0.3, 0.4) is 0 Å². The van der Waals surface area contributed by atoms with Crippen LogP contribution in [-0.4, -0.2) is 34.3 Å². The second kappa shape index (κ2) is 11.9. The average Bonchev–Trinajstić information content (AvgIpc) is 2.96. The smallest absolute Gasteiger partial charge is 0.303 e. The summed E-state index contributed by atoms with van der Waals surface area (Å²) in [6.45, 7) is 2.13. The molecule has 1 aliphatic heterocycles. The zero-order valence-corrected chi connectivity index (χ0v) is 24.2. The SMILES string of the molecule is C[C@H](c1ccc(Cl)cc1)N1C(=O)c2cc(I)ccc2N(CCCCC(=O)O)C(=O)[C@@H]1c1ccc(Cl)c(N)c1. The van der Waals surface area contributed by atoms with Crippen molar-refractivity contribution in [3.63, 3.8) is 0 Å². The van der Waals surface area contributed by atoms with E-state index in [1.807, 2.05) is 25.1 Å². The van der Waals surface area contributed by atoms with Crippen LogP contribution in [0, 0.1) is 3.57 Å². The van der Waals surface area contributed by atoms with Gasteiger partial charge in [0.2, 0.25) is 0 Å². The predicted molar refractivity (Wildman–Crippen MR) is 158 cm³/mol. The highest BCUT2D eigenvalue weighted by Crippen LogP contribution is 2.41. The van der Waals surface area contributed by atoms with E-state index in [0.29, 0.717) is 45.4 Å². The number of halogens is 3. The van der Waals surface area contributed by atoms with Crippen molar-refractivity contribution in [1.29, 1.82) is 0 Å². The van der Waals surface area contributed by atoms with Crippen LogP contribution in [-0.2, 0) is 9.59 Å². The van der Waals surface area contributed by atoms with Crippen molar-refractivity contribution in [3.8, 4) is 0 Å². The zero-order chi connectivity index (χ0) is 27.6. The zero-order valence-electron chi connectivity index (χ0n) is 20.5. The maximum Gasteiger partial charge on any atom is 0.303 e. The number of carbonyl (C=O) groups excluding carboxylic acids is 2. The fraction of sp³-hybridized carbons (Fsp3) is 0.250. The number of anilines is 2. The first-order valence-electron chi connectivity index (χ1n) is 12.0. The predicted octanol–water partition coefficient (Wildman–Crippen LogP) is 6.73. The molecule has 1 aliphatic rings. The lowest BCUT2D eigenvalue weighted by atomic mass is 9.98. The maximum atomic E-state index is 14.4. The van der Waals surface area contributed by atoms with E-state index in [1.165, 1.54) is 0 Å². The van der Waals surface area contributed by atoms with E-state index >= 15 is 0 Å². The molecule has 0 saturated heterocycles. The lowest BCUT2D eigenvalue weighted by molar-refractivity contribution is -0.137. The van der Waals surface area contributed by atoms with Crippen LogP contribution in [0.5, 0.6) is 0 Å². The molecule has 0 bridgehead atoms. The molecule has 1 heterocycles. The van der Waals surface area contributed by atoms with E-state index < -0.39 is 18.1 Å². The largest absolute Gasteiger partial charge is 0.481 e. The third kappa shape index (κ3) is 5.92. The standard InChI is InChI=1S/C28H26Cl2IN3O4/c1-16(17-5-8-19(29)9-6-17)34-26(18-7-11-22(30)23(32)14-18)28(38)33(13-3-2-4-25(35)36)24-12-10-20(31)15-21(24)27(34)37/h5-12,14-16,26H,2-4,13,32H2,1H3,(H,35,36)/t16-,26+/m1/s1. The van der Waals surface area contributed by atoms with E-state index in [9.17, 15) is 14.4 Å². The van der Waals surface area contributed by atoms with Crippen LogP contribution in [0.2, 0.25) is 10.0 Å². The summed E-state index contributed by atoms with van der Waals surface area (Å²) in [5.41, 5.74) is 8.66. The van der Waals surface area contributed by atoms with Crippen molar-refractivity contribution < 1.29 is 19.5 Å². The fourth-order valence-electron chi connectivity index (χ4n) is 4.67. The minimum absolute atomic E-state index is 0.00260. The monoisotopic (exact) mass is 665 g/mol. The molecule has 0 aliphatic carbocycles. The number of carboxylic acid groups (broad SMARTS) is 1. The third-order valence-electron chi connectivity index (χ3n) is 6.62. The van der Waals surface area contributed by atoms with Crippen LogP contribution in [0.25, 0.3) is 0 Å². The number of carbonyl (C=O) groups is 3. The second-order valence-corrected chi connectivity index (χ2v) is 11.2. The number of unbranched alkanes of at least 4 members (excludes halogenated alkanes) is 1. The summed E-state index contributed by atoms with van der Waals surface area (Å²) < 4.78 is 0.848. The first-order chi connectivity index (χ1) is 18.1. The Morgan fingerprint density at radius 3 is 2.42 bits per heavy atom. The Labute approximate surface area is 244 Å². The molecule has 3 aromatic rings. The van der Waals surface area contributed by atoms with E-state index in [1.54, 1.807) is 52.3 Å². The van der Waals surface area contributed by atoms with Gasteiger partial charge in [0.25, 0.3) is 11.8 Å². The van der Waals surface area contributed by atoms with Gasteiger partial charge in [0.15, 0.2) is 0 Å². The molecule has 0 unspecified atom stereocenters. The second-order valence-electron chi connectivity index (χ2n) is 9.13. The van der Waals surface area contributed by atoms with Crippen molar-refractivity contribution in [1.82, 2.24) is 4.90 Å². The highest BCUT2D eigenvalue weighted by atomic mass is 127. The summed E-state index contributed by atoms with van der Waals surface area (Å²) in [4.78, 5) is 42.9. The number of nitrogens with two attached hydrogens (primary N) is 1. The molecule has 4 rings (SSSR count). The number of amides is 2. The van der Waals surface area contributed by atoms with Crippen molar-refractivity contribution in [2.24, 2.45) is 0 Å². The van der Waals surface area contributed by atoms with Crippen molar-refractivity contribution in [3.05, 3.63) is 91.0 Å². The van der Waals surface area contributed by atoms with Gasteiger partial charge >= 0.3 is 5.97 Å². The minimum atomic E-state index is -1.00. The van der Waals surface area contributed by atoms with E-state index in [0.717, 1.165) is 9.13 Å². The Bertz CT molecular complexity index is 1380. The summed E-state index contributed by atoms with van der Waals surface area (Å²) >= 11 is 14.5. The Balaban J connectivity index is 1.88. The number of fused-ring (bicyclic) bond motifs is 1. The fourth-order valence-corrected chi connectivity index (χ4v) is 5.40. The summed E-state index contributed by atoms with van der Waals surface area (Å²) in [5, 5.41) is 9.98. The Morgan fingerprint density at radius 2 is 1.76 bits per heavy atom. The minimum Gasteiger partial charge on any atom is -0.481 e. The summed E-state index contributed by atoms with van der Waals surface area (Å²) in [6, 6.07) is 16.0. The number of rotatable bonds is 8. The molecule has 0 saturated carbocycles. The van der Waals surface area contributed by atoms with Gasteiger partial charge in [-0.15, -0.1) is 0 Å². The van der Waals surface area contributed by atoms with Crippen molar-refractivity contribution in [2.45, 2.75) is 38.3 Å². The number of hydrogen-bond acceptors (Lipinski definition) is 4. The van der Waals surface area contributed by atoms with Gasteiger partial charge in [-0.1, -0.05) is 41.4 Å². The topological polar surface area (TPSA) is 104 Å². The highest BCUT2D eigenvalue weighted by molar-refractivity contribution is 14.1. The first kappa shape index (κ1) is 28.2. The molecule has 38 heavy (non-hydrogen) atoms. The molecule has 0 radical (unpaired) electrons. The van der Waals surface area contributed by atoms with Gasteiger partial charge in [-0.3, -0.25) is 14.4 Å². The lowest BCUT2D eigenvalue weighted by Crippen LogP contribution is -2.44. The normalized spacial score (nSPS) is 16.3. The van der Waals surface area contributed by atoms with E-state index in [4.69, 9.17) is 34.0 Å². The maximum absolute atomic E-state index is 14.4. The molecule has 198 valence electrons. The van der Waals surface area contributed by atoms with Gasteiger partial charge in [-0.2, -0.15) is 0 Å². The third-order valence-corrected chi connectivity index (χ3v) is 7.89. The van der Waals surface area contributed by atoms with Crippen molar-refractivity contribution in [2.75, 3.05) is 17.2 Å². The van der Waals surface area contributed by atoms with Crippen LogP contribution in [0.15, 0.2) is 60.7 Å². The molecule has 0 fully saturated rings. The number of carboxylic acids is 1. The number of aliphatic carboxylic acids is 1. The van der Waals surface area contributed by atoms with Gasteiger partial charge in [0, 0.05) is 21.6 Å². The first-order valence-corrected chi connectivity index (χ1v) is 13.9. The summed E-state index contributed by atoms with van der Waals surface area (Å²) in [6.07, 6.45) is 0.855. The van der Waals surface area contributed by atoms with Gasteiger partial charge in [-0.25, -0.2) is 0 Å². The van der Waals surface area contributed by atoms with Crippen LogP contribution >= 0.6 is 45.8 Å². The Morgan fingerprint density at radius 1 is 1.05 bits per heavy atom. The molecule has 2 atom stereocenters. The molecule has 0 aromatic heterocycles. The Hall–Kier alpha value is -2.82. The summed E-state index contributed by atoms with van der Waals surface area (Å²) in [7, 11) is 0. The van der Waals surface area contributed by atoms with Crippen LogP contribution < -0.4 is 10.6 Å². The molecule has 10 heteroatoms. The molecule has 7 nitrogen and oxygen atoms in total.